The summed E-state index contributed by atoms with van der Waals surface area (Å²) in [7, 11) is 1.58. The van der Waals surface area contributed by atoms with Gasteiger partial charge in [0, 0.05) is 21.8 Å². The monoisotopic (exact) mass is 551 g/mol. The van der Waals surface area contributed by atoms with Gasteiger partial charge in [-0.3, -0.25) is 14.4 Å². The molecule has 3 N–H and O–H groups in total. The van der Waals surface area contributed by atoms with Crippen LogP contribution in [0.5, 0.6) is 5.75 Å². The van der Waals surface area contributed by atoms with E-state index in [-0.39, 0.29) is 17.4 Å². The highest BCUT2D eigenvalue weighted by atomic mass is 32.2. The van der Waals surface area contributed by atoms with Crippen LogP contribution < -0.4 is 20.7 Å². The van der Waals surface area contributed by atoms with Crippen LogP contribution in [0.2, 0.25) is 0 Å². The van der Waals surface area contributed by atoms with Crippen molar-refractivity contribution in [2.75, 3.05) is 23.5 Å². The highest BCUT2D eigenvalue weighted by molar-refractivity contribution is 8.00. The smallest absolute Gasteiger partial charge is 0.272 e. The highest BCUT2D eigenvalue weighted by Crippen LogP contribution is 2.22. The van der Waals surface area contributed by atoms with E-state index >= 15 is 0 Å². The number of nitrogens with one attached hydrogen (secondary N) is 3. The third-order valence-electron chi connectivity index (χ3n) is 5.77. The Labute approximate surface area is 237 Å². The van der Waals surface area contributed by atoms with Gasteiger partial charge in [0.05, 0.1) is 12.9 Å². The van der Waals surface area contributed by atoms with Crippen LogP contribution in [0, 0.1) is 6.92 Å². The van der Waals surface area contributed by atoms with E-state index in [1.807, 2.05) is 49.4 Å². The number of carbonyl (C=O) groups excluding carboxylic acids is 3. The zero-order chi connectivity index (χ0) is 28.3. The Morgan fingerprint density at radius 2 is 1.40 bits per heavy atom. The number of hydrogen-bond acceptors (Lipinski definition) is 5. The third-order valence-corrected chi connectivity index (χ3v) is 6.79. The number of thioether (sulfide) groups is 1. The summed E-state index contributed by atoms with van der Waals surface area (Å²) in [5.74, 6) is -0.0419. The first kappa shape index (κ1) is 28.2. The zero-order valence-corrected chi connectivity index (χ0v) is 23.0. The van der Waals surface area contributed by atoms with E-state index in [2.05, 4.69) is 16.0 Å². The fraction of sp³-hybridized carbons (Fsp3) is 0.0938. The van der Waals surface area contributed by atoms with E-state index in [1.165, 1.54) is 11.8 Å². The van der Waals surface area contributed by atoms with Gasteiger partial charge in [0.2, 0.25) is 5.91 Å². The molecule has 0 unspecified atom stereocenters. The predicted octanol–water partition coefficient (Wildman–Crippen LogP) is 6.14. The molecule has 0 saturated carbocycles. The molecular formula is C32H29N3O4S. The number of rotatable bonds is 10. The van der Waals surface area contributed by atoms with Crippen molar-refractivity contribution >= 4 is 46.9 Å². The predicted molar refractivity (Wildman–Crippen MR) is 160 cm³/mol. The second-order valence-corrected chi connectivity index (χ2v) is 9.88. The summed E-state index contributed by atoms with van der Waals surface area (Å²) in [6, 6.07) is 30.6. The van der Waals surface area contributed by atoms with Gasteiger partial charge in [0.15, 0.2) is 0 Å². The lowest BCUT2D eigenvalue weighted by molar-refractivity contribution is -0.114. The first-order valence-corrected chi connectivity index (χ1v) is 13.5. The van der Waals surface area contributed by atoms with E-state index in [9.17, 15) is 14.4 Å². The van der Waals surface area contributed by atoms with Crippen molar-refractivity contribution in [1.82, 2.24) is 5.32 Å². The number of hydrogen-bond donors (Lipinski definition) is 3. The molecule has 0 heterocycles. The molecule has 0 aliphatic rings. The molecule has 0 atom stereocenters. The first-order valence-electron chi connectivity index (χ1n) is 12.5. The second-order valence-electron chi connectivity index (χ2n) is 8.83. The summed E-state index contributed by atoms with van der Waals surface area (Å²) < 4.78 is 5.20. The van der Waals surface area contributed by atoms with Crippen LogP contribution in [0.25, 0.3) is 6.08 Å². The number of anilines is 2. The maximum atomic E-state index is 13.2. The molecule has 0 spiro atoms. The Kier molecular flexibility index (Phi) is 9.74. The number of ether oxygens (including phenoxy) is 1. The van der Waals surface area contributed by atoms with Crippen LogP contribution in [0.15, 0.2) is 114 Å². The van der Waals surface area contributed by atoms with Crippen LogP contribution in [0.3, 0.4) is 0 Å². The molecule has 8 heteroatoms. The Bertz CT molecular complexity index is 1480. The zero-order valence-electron chi connectivity index (χ0n) is 22.1. The number of carbonyl (C=O) groups is 3. The van der Waals surface area contributed by atoms with Gasteiger partial charge in [0.1, 0.15) is 11.4 Å². The molecule has 3 amide bonds. The normalized spacial score (nSPS) is 10.9. The molecule has 0 saturated heterocycles. The van der Waals surface area contributed by atoms with Crippen LogP contribution in [0.1, 0.15) is 21.5 Å². The van der Waals surface area contributed by atoms with Crippen LogP contribution in [-0.4, -0.2) is 30.6 Å². The summed E-state index contributed by atoms with van der Waals surface area (Å²) in [6.45, 7) is 1.99. The van der Waals surface area contributed by atoms with E-state index in [4.69, 9.17) is 4.74 Å². The van der Waals surface area contributed by atoms with Crippen molar-refractivity contribution in [2.24, 2.45) is 0 Å². The molecule has 0 radical (unpaired) electrons. The molecule has 202 valence electrons. The molecule has 0 bridgehead atoms. The Morgan fingerprint density at radius 3 is 2.05 bits per heavy atom. The van der Waals surface area contributed by atoms with Gasteiger partial charge in [-0.25, -0.2) is 0 Å². The molecule has 4 rings (SSSR count). The average molecular weight is 552 g/mol. The van der Waals surface area contributed by atoms with Gasteiger partial charge in [-0.2, -0.15) is 0 Å². The molecule has 4 aromatic carbocycles. The molecule has 0 aliphatic heterocycles. The summed E-state index contributed by atoms with van der Waals surface area (Å²) in [5.41, 5.74) is 3.67. The van der Waals surface area contributed by atoms with E-state index in [0.29, 0.717) is 17.0 Å². The van der Waals surface area contributed by atoms with Crippen LogP contribution in [0.4, 0.5) is 11.4 Å². The van der Waals surface area contributed by atoms with Gasteiger partial charge in [-0.1, -0.05) is 48.0 Å². The van der Waals surface area contributed by atoms with Crippen molar-refractivity contribution in [3.05, 3.63) is 126 Å². The minimum atomic E-state index is -0.474. The molecule has 7 nitrogen and oxygen atoms in total. The standard InChI is InChI=1S/C32H29N3O4S/c1-22-8-12-25(13-9-22)33-30(36)21-40-28-18-14-26(15-19-28)34-32(38)29(20-23-10-16-27(39-2)17-11-23)35-31(37)24-6-4-3-5-7-24/h3-20H,21H2,1-2H3,(H,33,36)(H,34,38)(H,35,37)/b29-20-. The van der Waals surface area contributed by atoms with Gasteiger partial charge in [-0.05, 0) is 79.2 Å². The molecule has 4 aromatic rings. The van der Waals surface area contributed by atoms with Crippen molar-refractivity contribution < 1.29 is 19.1 Å². The lowest BCUT2D eigenvalue weighted by Gasteiger charge is -2.12. The quantitative estimate of drug-likeness (QED) is 0.162. The number of methoxy groups -OCH3 is 1. The molecular weight excluding hydrogens is 522 g/mol. The van der Waals surface area contributed by atoms with E-state index in [1.54, 1.807) is 73.8 Å². The number of benzene rings is 4. The highest BCUT2D eigenvalue weighted by Gasteiger charge is 2.15. The summed E-state index contributed by atoms with van der Waals surface area (Å²) in [6.07, 6.45) is 1.60. The molecule has 40 heavy (non-hydrogen) atoms. The Hall–Kier alpha value is -4.82. The fourth-order valence-corrected chi connectivity index (χ4v) is 4.32. The van der Waals surface area contributed by atoms with Crippen LogP contribution >= 0.6 is 11.8 Å². The van der Waals surface area contributed by atoms with Gasteiger partial charge < -0.3 is 20.7 Å². The van der Waals surface area contributed by atoms with Crippen molar-refractivity contribution in [2.45, 2.75) is 11.8 Å². The summed E-state index contributed by atoms with van der Waals surface area (Å²) >= 11 is 1.39. The topological polar surface area (TPSA) is 96.5 Å². The second kappa shape index (κ2) is 13.8. The van der Waals surface area contributed by atoms with Gasteiger partial charge in [-0.15, -0.1) is 11.8 Å². The average Bonchev–Trinajstić information content (AvgIpc) is 2.98. The number of aryl methyl sites for hydroxylation is 1. The van der Waals surface area contributed by atoms with Gasteiger partial charge in [0.25, 0.3) is 11.8 Å². The van der Waals surface area contributed by atoms with Crippen LogP contribution in [-0.2, 0) is 9.59 Å². The van der Waals surface area contributed by atoms with E-state index in [0.717, 1.165) is 21.7 Å². The van der Waals surface area contributed by atoms with Gasteiger partial charge >= 0.3 is 0 Å². The first-order chi connectivity index (χ1) is 19.4. The largest absolute Gasteiger partial charge is 0.497 e. The molecule has 0 aliphatic carbocycles. The minimum absolute atomic E-state index is 0.0882. The SMILES string of the molecule is COc1ccc(/C=C(\NC(=O)c2ccccc2)C(=O)Nc2ccc(SCC(=O)Nc3ccc(C)cc3)cc2)cc1. The Morgan fingerprint density at radius 1 is 0.775 bits per heavy atom. The maximum Gasteiger partial charge on any atom is 0.272 e. The van der Waals surface area contributed by atoms with Crippen molar-refractivity contribution in [3.63, 3.8) is 0 Å². The minimum Gasteiger partial charge on any atom is -0.497 e. The number of amides is 3. The third kappa shape index (κ3) is 8.34. The van der Waals surface area contributed by atoms with Crippen molar-refractivity contribution in [1.29, 1.82) is 0 Å². The Balaban J connectivity index is 1.40. The molecule has 0 fully saturated rings. The lowest BCUT2D eigenvalue weighted by Crippen LogP contribution is -2.30. The van der Waals surface area contributed by atoms with Crippen molar-refractivity contribution in [3.8, 4) is 5.75 Å². The molecule has 0 aromatic heterocycles. The summed E-state index contributed by atoms with van der Waals surface area (Å²) in [4.78, 5) is 39.2. The van der Waals surface area contributed by atoms with E-state index < -0.39 is 11.8 Å². The fourth-order valence-electron chi connectivity index (χ4n) is 3.62. The lowest BCUT2D eigenvalue weighted by atomic mass is 10.1. The maximum absolute atomic E-state index is 13.2. The summed E-state index contributed by atoms with van der Waals surface area (Å²) in [5, 5.41) is 8.44.